The monoisotopic (exact) mass is 359 g/mol. The summed E-state index contributed by atoms with van der Waals surface area (Å²) in [5.74, 6) is 1.36. The highest BCUT2D eigenvalue weighted by Gasteiger charge is 2.29. The molecule has 0 spiro atoms. The number of methoxy groups -OCH3 is 1. The molecule has 0 aromatic heterocycles. The maximum atomic E-state index is 10.5. The Morgan fingerprint density at radius 1 is 0.963 bits per heavy atom. The van der Waals surface area contributed by atoms with E-state index in [9.17, 15) is 5.11 Å². The fraction of sp³-hybridized carbons (Fsp3) is 0.250. The van der Waals surface area contributed by atoms with Gasteiger partial charge in [0.2, 0.25) is 0 Å². The van der Waals surface area contributed by atoms with E-state index >= 15 is 0 Å². The third-order valence-corrected chi connectivity index (χ3v) is 5.45. The molecule has 0 bridgehead atoms. The van der Waals surface area contributed by atoms with Gasteiger partial charge in [-0.1, -0.05) is 48.5 Å². The number of rotatable bonds is 5. The van der Waals surface area contributed by atoms with Gasteiger partial charge >= 0.3 is 0 Å². The number of hydrogen-bond donors (Lipinski definition) is 2. The zero-order chi connectivity index (χ0) is 18.6. The van der Waals surface area contributed by atoms with E-state index in [4.69, 9.17) is 4.74 Å². The predicted octanol–water partition coefficient (Wildman–Crippen LogP) is 5.35. The Labute approximate surface area is 160 Å². The van der Waals surface area contributed by atoms with E-state index in [2.05, 4.69) is 47.8 Å². The molecule has 0 amide bonds. The first kappa shape index (κ1) is 17.5. The largest absolute Gasteiger partial charge is 0.508 e. The molecule has 3 nitrogen and oxygen atoms in total. The lowest BCUT2D eigenvalue weighted by molar-refractivity contribution is 0.412. The molecule has 3 heteroatoms. The van der Waals surface area contributed by atoms with Crippen molar-refractivity contribution in [2.45, 2.75) is 31.2 Å². The Morgan fingerprint density at radius 2 is 1.74 bits per heavy atom. The van der Waals surface area contributed by atoms with Crippen molar-refractivity contribution in [3.8, 4) is 11.5 Å². The van der Waals surface area contributed by atoms with Crippen molar-refractivity contribution in [3.63, 3.8) is 0 Å². The number of benzene rings is 3. The van der Waals surface area contributed by atoms with Crippen LogP contribution in [0.4, 0.5) is 5.69 Å². The van der Waals surface area contributed by atoms with Crippen LogP contribution in [0.5, 0.6) is 11.5 Å². The Balaban J connectivity index is 1.63. The van der Waals surface area contributed by atoms with E-state index in [-0.39, 0.29) is 5.92 Å². The van der Waals surface area contributed by atoms with Gasteiger partial charge in [0, 0.05) is 23.2 Å². The molecule has 0 fully saturated rings. The summed E-state index contributed by atoms with van der Waals surface area (Å²) in [6.07, 6.45) is 3.04. The van der Waals surface area contributed by atoms with Crippen molar-refractivity contribution in [2.24, 2.45) is 0 Å². The molecule has 0 saturated carbocycles. The van der Waals surface area contributed by atoms with Crippen LogP contribution in [0.25, 0.3) is 0 Å². The quantitative estimate of drug-likeness (QED) is 0.645. The zero-order valence-electron chi connectivity index (χ0n) is 15.6. The van der Waals surface area contributed by atoms with Gasteiger partial charge in [0.05, 0.1) is 7.11 Å². The number of aryl methyl sites for hydroxylation is 1. The highest BCUT2D eigenvalue weighted by atomic mass is 16.5. The van der Waals surface area contributed by atoms with Gasteiger partial charge in [-0.25, -0.2) is 0 Å². The van der Waals surface area contributed by atoms with E-state index in [1.54, 1.807) is 13.2 Å². The summed E-state index contributed by atoms with van der Waals surface area (Å²) in [6, 6.07) is 24.8. The molecule has 2 atom stereocenters. The molecule has 0 radical (unpaired) electrons. The first-order valence-corrected chi connectivity index (χ1v) is 9.51. The van der Waals surface area contributed by atoms with Crippen LogP contribution in [0.15, 0.2) is 72.8 Å². The van der Waals surface area contributed by atoms with E-state index < -0.39 is 0 Å². The molecular weight excluding hydrogens is 334 g/mol. The second kappa shape index (κ2) is 7.75. The fourth-order valence-corrected chi connectivity index (χ4v) is 4.03. The summed E-state index contributed by atoms with van der Waals surface area (Å²) >= 11 is 0. The minimum atomic E-state index is 0.151. The molecule has 3 aromatic carbocycles. The number of fused-ring (bicyclic) bond motifs is 1. The summed E-state index contributed by atoms with van der Waals surface area (Å²) in [4.78, 5) is 0. The van der Waals surface area contributed by atoms with Crippen LogP contribution in [0.2, 0.25) is 0 Å². The topological polar surface area (TPSA) is 41.5 Å². The highest BCUT2D eigenvalue weighted by molar-refractivity contribution is 5.61. The van der Waals surface area contributed by atoms with Gasteiger partial charge in [-0.2, -0.15) is 0 Å². The van der Waals surface area contributed by atoms with Crippen molar-refractivity contribution in [1.29, 1.82) is 0 Å². The van der Waals surface area contributed by atoms with Crippen LogP contribution in [0.1, 0.15) is 35.4 Å². The van der Waals surface area contributed by atoms with Gasteiger partial charge in [0.1, 0.15) is 11.5 Å². The third-order valence-electron chi connectivity index (χ3n) is 5.45. The minimum absolute atomic E-state index is 0.151. The van der Waals surface area contributed by atoms with Crippen molar-refractivity contribution in [2.75, 3.05) is 12.4 Å². The average molecular weight is 359 g/mol. The van der Waals surface area contributed by atoms with Crippen LogP contribution in [-0.4, -0.2) is 18.3 Å². The van der Waals surface area contributed by atoms with E-state index in [0.29, 0.717) is 11.8 Å². The van der Waals surface area contributed by atoms with Crippen LogP contribution in [-0.2, 0) is 6.42 Å². The summed E-state index contributed by atoms with van der Waals surface area (Å²) in [5, 5.41) is 14.2. The van der Waals surface area contributed by atoms with Crippen molar-refractivity contribution in [3.05, 3.63) is 89.5 Å². The van der Waals surface area contributed by atoms with Gasteiger partial charge in [-0.15, -0.1) is 0 Å². The maximum Gasteiger partial charge on any atom is 0.119 e. The highest BCUT2D eigenvalue weighted by Crippen LogP contribution is 2.43. The summed E-state index contributed by atoms with van der Waals surface area (Å²) in [7, 11) is 1.69. The molecule has 3 aromatic rings. The minimum Gasteiger partial charge on any atom is -0.508 e. The molecule has 0 saturated heterocycles. The SMILES string of the molecule is COc1ccc2c(c1)[C@@H](c1ccccc1O)C[C@@H](CCc1ccccc1)N2. The molecule has 0 unspecified atom stereocenters. The Hall–Kier alpha value is -2.94. The number of phenols is 1. The Kier molecular flexibility index (Phi) is 5.01. The van der Waals surface area contributed by atoms with Crippen LogP contribution >= 0.6 is 0 Å². The summed E-state index contributed by atoms with van der Waals surface area (Å²) in [5.41, 5.74) is 4.66. The number of para-hydroxylation sites is 1. The molecule has 2 N–H and O–H groups in total. The molecular formula is C24H25NO2. The first-order valence-electron chi connectivity index (χ1n) is 9.51. The first-order chi connectivity index (χ1) is 13.2. The van der Waals surface area contributed by atoms with E-state index in [1.807, 2.05) is 24.3 Å². The lowest BCUT2D eigenvalue weighted by Gasteiger charge is -2.34. The van der Waals surface area contributed by atoms with Gasteiger partial charge in [0.15, 0.2) is 0 Å². The standard InChI is InChI=1S/C24H25NO2/c1-27-19-13-14-23-22(16-19)21(20-9-5-6-10-24(20)26)15-18(25-23)12-11-17-7-3-2-4-8-17/h2-10,13-14,16,18,21,25-26H,11-12,15H2,1H3/t18-,21-/m1/s1. The molecule has 138 valence electrons. The van der Waals surface area contributed by atoms with Gasteiger partial charge in [-0.3, -0.25) is 0 Å². The van der Waals surface area contributed by atoms with Gasteiger partial charge < -0.3 is 15.2 Å². The molecule has 0 aliphatic carbocycles. The second-order valence-corrected chi connectivity index (χ2v) is 7.17. The van der Waals surface area contributed by atoms with Crippen LogP contribution < -0.4 is 10.1 Å². The summed E-state index contributed by atoms with van der Waals surface area (Å²) < 4.78 is 5.44. The summed E-state index contributed by atoms with van der Waals surface area (Å²) in [6.45, 7) is 0. The molecule has 1 heterocycles. The number of nitrogens with one attached hydrogen (secondary N) is 1. The zero-order valence-corrected chi connectivity index (χ0v) is 15.6. The van der Waals surface area contributed by atoms with Crippen LogP contribution in [0, 0.1) is 0 Å². The number of ether oxygens (including phenoxy) is 1. The van der Waals surface area contributed by atoms with E-state index in [0.717, 1.165) is 36.3 Å². The van der Waals surface area contributed by atoms with Crippen molar-refractivity contribution >= 4 is 5.69 Å². The van der Waals surface area contributed by atoms with Gasteiger partial charge in [0.25, 0.3) is 0 Å². The molecule has 1 aliphatic rings. The lowest BCUT2D eigenvalue weighted by Crippen LogP contribution is -2.29. The number of phenolic OH excluding ortho intramolecular Hbond substituents is 1. The van der Waals surface area contributed by atoms with Crippen molar-refractivity contribution in [1.82, 2.24) is 0 Å². The second-order valence-electron chi connectivity index (χ2n) is 7.17. The number of aromatic hydroxyl groups is 1. The Bertz CT molecular complexity index is 907. The van der Waals surface area contributed by atoms with Gasteiger partial charge in [-0.05, 0) is 54.7 Å². The maximum absolute atomic E-state index is 10.5. The third kappa shape index (κ3) is 3.77. The van der Waals surface area contributed by atoms with Crippen molar-refractivity contribution < 1.29 is 9.84 Å². The van der Waals surface area contributed by atoms with E-state index in [1.165, 1.54) is 11.1 Å². The normalized spacial score (nSPS) is 18.4. The smallest absolute Gasteiger partial charge is 0.119 e. The Morgan fingerprint density at radius 3 is 2.52 bits per heavy atom. The fourth-order valence-electron chi connectivity index (χ4n) is 4.03. The number of anilines is 1. The predicted molar refractivity (Wildman–Crippen MR) is 110 cm³/mol. The average Bonchev–Trinajstić information content (AvgIpc) is 2.72. The molecule has 4 rings (SSSR count). The van der Waals surface area contributed by atoms with Crippen LogP contribution in [0.3, 0.4) is 0 Å². The lowest BCUT2D eigenvalue weighted by atomic mass is 9.80. The molecule has 27 heavy (non-hydrogen) atoms. The number of hydrogen-bond acceptors (Lipinski definition) is 3. The molecule has 1 aliphatic heterocycles.